The molecule has 0 bridgehead atoms. The monoisotopic (exact) mass is 384 g/mol. The first-order valence-corrected chi connectivity index (χ1v) is 11.3. The van der Waals surface area contributed by atoms with E-state index in [1.54, 1.807) is 6.92 Å². The van der Waals surface area contributed by atoms with Gasteiger partial charge in [-0.15, -0.1) is 0 Å². The van der Waals surface area contributed by atoms with E-state index in [-0.39, 0.29) is 11.9 Å². The number of carbonyl (C=O) groups is 1. The van der Waals surface area contributed by atoms with Crippen LogP contribution in [-0.4, -0.2) is 30.4 Å². The van der Waals surface area contributed by atoms with Crippen molar-refractivity contribution in [1.29, 1.82) is 0 Å². The molecule has 2 aliphatic rings. The van der Waals surface area contributed by atoms with Gasteiger partial charge in [0.1, 0.15) is 0 Å². The summed E-state index contributed by atoms with van der Waals surface area (Å²) in [7, 11) is 0. The normalized spacial score (nSPS) is 23.2. The molecule has 1 aliphatic carbocycles. The Kier molecular flexibility index (Phi) is 6.54. The van der Waals surface area contributed by atoms with E-state index >= 15 is 0 Å². The van der Waals surface area contributed by atoms with Gasteiger partial charge < -0.3 is 10.2 Å². The van der Waals surface area contributed by atoms with Crippen LogP contribution in [0.3, 0.4) is 0 Å². The van der Waals surface area contributed by atoms with Crippen LogP contribution in [0.1, 0.15) is 90.3 Å². The van der Waals surface area contributed by atoms with Gasteiger partial charge in [-0.2, -0.15) is 0 Å². The SMILES string of the molecule is CC(=O)N[C@H]1CCC2(CCN(CCC(C)CC(C)(C)C)CC2)c2ccccc21. The Morgan fingerprint density at radius 2 is 1.89 bits per heavy atom. The second kappa shape index (κ2) is 8.57. The van der Waals surface area contributed by atoms with Crippen LogP contribution in [0.15, 0.2) is 24.3 Å². The summed E-state index contributed by atoms with van der Waals surface area (Å²) in [5, 5.41) is 3.17. The molecule has 1 spiro atoms. The summed E-state index contributed by atoms with van der Waals surface area (Å²) in [5.74, 6) is 0.875. The molecule has 1 unspecified atom stereocenters. The van der Waals surface area contributed by atoms with Crippen molar-refractivity contribution in [3.8, 4) is 0 Å². The summed E-state index contributed by atoms with van der Waals surface area (Å²) in [6.45, 7) is 14.8. The van der Waals surface area contributed by atoms with Crippen LogP contribution in [0.2, 0.25) is 0 Å². The smallest absolute Gasteiger partial charge is 0.217 e. The molecule has 1 amide bonds. The minimum atomic E-state index is 0.0787. The van der Waals surface area contributed by atoms with E-state index in [0.717, 1.165) is 12.3 Å². The number of nitrogens with zero attached hydrogens (tertiary/aromatic N) is 1. The summed E-state index contributed by atoms with van der Waals surface area (Å²) in [6, 6.07) is 9.05. The van der Waals surface area contributed by atoms with E-state index < -0.39 is 0 Å². The number of hydrogen-bond acceptors (Lipinski definition) is 2. The first-order valence-electron chi connectivity index (χ1n) is 11.3. The van der Waals surface area contributed by atoms with Crippen molar-refractivity contribution >= 4 is 5.91 Å². The third-order valence-corrected chi connectivity index (χ3v) is 6.91. The van der Waals surface area contributed by atoms with Crippen LogP contribution in [-0.2, 0) is 10.2 Å². The fourth-order valence-electron chi connectivity index (χ4n) is 5.66. The molecule has 1 fully saturated rings. The maximum absolute atomic E-state index is 11.6. The Balaban J connectivity index is 1.61. The number of rotatable bonds is 5. The quantitative estimate of drug-likeness (QED) is 0.732. The van der Waals surface area contributed by atoms with Crippen LogP contribution >= 0.6 is 0 Å². The van der Waals surface area contributed by atoms with Gasteiger partial charge in [-0.25, -0.2) is 0 Å². The van der Waals surface area contributed by atoms with E-state index in [1.807, 2.05) is 0 Å². The van der Waals surface area contributed by atoms with Gasteiger partial charge in [0.2, 0.25) is 5.91 Å². The fraction of sp³-hybridized carbons (Fsp3) is 0.720. The van der Waals surface area contributed by atoms with Gasteiger partial charge in [-0.1, -0.05) is 52.0 Å². The molecule has 1 saturated heterocycles. The molecule has 3 heteroatoms. The van der Waals surface area contributed by atoms with E-state index in [1.165, 1.54) is 62.9 Å². The van der Waals surface area contributed by atoms with Crippen molar-refractivity contribution in [2.45, 2.75) is 84.6 Å². The van der Waals surface area contributed by atoms with Crippen molar-refractivity contribution in [3.05, 3.63) is 35.4 Å². The predicted octanol–water partition coefficient (Wildman–Crippen LogP) is 5.45. The average molecular weight is 385 g/mol. The van der Waals surface area contributed by atoms with Crippen molar-refractivity contribution in [2.24, 2.45) is 11.3 Å². The number of piperidine rings is 1. The standard InChI is InChI=1S/C25H40N2O/c1-19(18-24(3,4)5)11-15-27-16-13-25(14-17-27)12-10-23(26-20(2)28)21-8-6-7-9-22(21)25/h6-9,19,23H,10-18H2,1-5H3,(H,26,28)/t19?,23-/m0/s1. The lowest BCUT2D eigenvalue weighted by Crippen LogP contribution is -2.46. The Hall–Kier alpha value is -1.35. The van der Waals surface area contributed by atoms with Crippen molar-refractivity contribution in [2.75, 3.05) is 19.6 Å². The number of likely N-dealkylation sites (tertiary alicyclic amines) is 1. The topological polar surface area (TPSA) is 32.3 Å². The Morgan fingerprint density at radius 3 is 2.54 bits per heavy atom. The maximum atomic E-state index is 11.6. The summed E-state index contributed by atoms with van der Waals surface area (Å²) in [4.78, 5) is 14.3. The minimum absolute atomic E-state index is 0.0787. The lowest BCUT2D eigenvalue weighted by Gasteiger charge is -2.47. The van der Waals surface area contributed by atoms with Gasteiger partial charge in [0.25, 0.3) is 0 Å². The van der Waals surface area contributed by atoms with E-state index in [4.69, 9.17) is 0 Å². The number of nitrogens with one attached hydrogen (secondary N) is 1. The molecular weight excluding hydrogens is 344 g/mol. The van der Waals surface area contributed by atoms with Crippen LogP contribution in [0, 0.1) is 11.3 Å². The highest BCUT2D eigenvalue weighted by Crippen LogP contribution is 2.47. The zero-order valence-corrected chi connectivity index (χ0v) is 18.7. The van der Waals surface area contributed by atoms with E-state index in [0.29, 0.717) is 10.8 Å². The zero-order valence-electron chi connectivity index (χ0n) is 18.7. The highest BCUT2D eigenvalue weighted by molar-refractivity contribution is 5.73. The lowest BCUT2D eigenvalue weighted by molar-refractivity contribution is -0.119. The molecule has 1 aromatic rings. The summed E-state index contributed by atoms with van der Waals surface area (Å²) in [5.41, 5.74) is 3.61. The molecule has 0 aromatic heterocycles. The number of benzene rings is 1. The minimum Gasteiger partial charge on any atom is -0.350 e. The van der Waals surface area contributed by atoms with E-state index in [9.17, 15) is 4.79 Å². The molecule has 156 valence electrons. The summed E-state index contributed by atoms with van der Waals surface area (Å²) < 4.78 is 0. The second-order valence-corrected chi connectivity index (χ2v) is 10.7. The van der Waals surface area contributed by atoms with Crippen molar-refractivity contribution in [3.63, 3.8) is 0 Å². The van der Waals surface area contributed by atoms with Crippen molar-refractivity contribution < 1.29 is 4.79 Å². The lowest BCUT2D eigenvalue weighted by atomic mass is 9.63. The van der Waals surface area contributed by atoms with Crippen LogP contribution in [0.5, 0.6) is 0 Å². The first-order chi connectivity index (χ1) is 13.2. The van der Waals surface area contributed by atoms with Gasteiger partial charge in [0.05, 0.1) is 6.04 Å². The molecular formula is C25H40N2O. The number of fused-ring (bicyclic) bond motifs is 2. The van der Waals surface area contributed by atoms with Crippen LogP contribution in [0.4, 0.5) is 0 Å². The number of amides is 1. The van der Waals surface area contributed by atoms with Crippen LogP contribution in [0.25, 0.3) is 0 Å². The third-order valence-electron chi connectivity index (χ3n) is 6.91. The molecule has 3 nitrogen and oxygen atoms in total. The fourth-order valence-corrected chi connectivity index (χ4v) is 5.66. The third kappa shape index (κ3) is 5.17. The van der Waals surface area contributed by atoms with Gasteiger partial charge in [0, 0.05) is 6.92 Å². The van der Waals surface area contributed by atoms with Crippen LogP contribution < -0.4 is 5.32 Å². The number of hydrogen-bond donors (Lipinski definition) is 1. The van der Waals surface area contributed by atoms with Gasteiger partial charge in [-0.05, 0) is 86.0 Å². The van der Waals surface area contributed by atoms with Gasteiger partial charge >= 0.3 is 0 Å². The second-order valence-electron chi connectivity index (χ2n) is 10.7. The molecule has 1 aliphatic heterocycles. The van der Waals surface area contributed by atoms with E-state index in [2.05, 4.69) is 62.2 Å². The molecule has 28 heavy (non-hydrogen) atoms. The zero-order chi connectivity index (χ0) is 20.4. The Labute approximate surface area is 172 Å². The Morgan fingerprint density at radius 1 is 1.21 bits per heavy atom. The Bertz CT molecular complexity index is 667. The first kappa shape index (κ1) is 21.4. The molecule has 0 radical (unpaired) electrons. The molecule has 1 N–H and O–H groups in total. The molecule has 0 saturated carbocycles. The summed E-state index contributed by atoms with van der Waals surface area (Å²) in [6.07, 6.45) is 7.39. The summed E-state index contributed by atoms with van der Waals surface area (Å²) >= 11 is 0. The largest absolute Gasteiger partial charge is 0.350 e. The highest BCUT2D eigenvalue weighted by Gasteiger charge is 2.41. The molecule has 3 rings (SSSR count). The maximum Gasteiger partial charge on any atom is 0.217 e. The van der Waals surface area contributed by atoms with Gasteiger partial charge in [0.15, 0.2) is 0 Å². The van der Waals surface area contributed by atoms with Gasteiger partial charge in [-0.3, -0.25) is 4.79 Å². The van der Waals surface area contributed by atoms with Crippen molar-refractivity contribution in [1.82, 2.24) is 10.2 Å². The molecule has 1 aromatic carbocycles. The predicted molar refractivity (Wildman–Crippen MR) is 117 cm³/mol. The average Bonchev–Trinajstić information content (AvgIpc) is 2.62. The molecule has 1 heterocycles. The highest BCUT2D eigenvalue weighted by atomic mass is 16.1. The molecule has 2 atom stereocenters. The number of carbonyl (C=O) groups excluding carboxylic acids is 1.